The summed E-state index contributed by atoms with van der Waals surface area (Å²) in [5, 5.41) is 8.07. The zero-order valence-electron chi connectivity index (χ0n) is 17.4. The van der Waals surface area contributed by atoms with E-state index in [2.05, 4.69) is 10.4 Å². The van der Waals surface area contributed by atoms with Crippen LogP contribution in [0.3, 0.4) is 0 Å². The Kier molecular flexibility index (Phi) is 8.80. The molecule has 1 aliphatic rings. The number of nitrogens with one attached hydrogen (secondary N) is 1. The topological polar surface area (TPSA) is 68.6 Å². The number of nitrogens with zero attached hydrogens (tertiary/aromatic N) is 3. The Bertz CT molecular complexity index is 1080. The lowest BCUT2D eigenvalue weighted by Gasteiger charge is -2.32. The number of hydrogen-bond donors (Lipinski definition) is 1. The first kappa shape index (κ1) is 25.1. The number of ether oxygens (including phenoxy) is 2. The molecule has 1 aliphatic heterocycles. The Labute approximate surface area is 206 Å². The Balaban J connectivity index is 0.00000306. The van der Waals surface area contributed by atoms with E-state index >= 15 is 0 Å². The van der Waals surface area contributed by atoms with Crippen LogP contribution >= 0.6 is 35.6 Å². The number of carbonyl (C=O) groups excluding carboxylic acids is 1. The molecule has 1 aromatic heterocycles. The molecule has 0 spiro atoms. The minimum atomic E-state index is -0.300. The monoisotopic (exact) mass is 514 g/mol. The SMILES string of the molecule is Cl.O=C(Nc1cnn(Cc2ccc(F)cc2)c1)N1CCOC(COc2cc(Cl)ccc2Cl)C1. The van der Waals surface area contributed by atoms with Gasteiger partial charge >= 0.3 is 6.03 Å². The zero-order chi connectivity index (χ0) is 22.5. The first-order chi connectivity index (χ1) is 15.5. The van der Waals surface area contributed by atoms with Crippen molar-refractivity contribution in [1.29, 1.82) is 0 Å². The number of rotatable bonds is 6. The Morgan fingerprint density at radius 2 is 2.03 bits per heavy atom. The van der Waals surface area contributed by atoms with Gasteiger partial charge in [0.1, 0.15) is 24.3 Å². The molecular formula is C22H22Cl3FN4O3. The van der Waals surface area contributed by atoms with Gasteiger partial charge in [0.2, 0.25) is 0 Å². The van der Waals surface area contributed by atoms with Gasteiger partial charge in [-0.1, -0.05) is 35.3 Å². The Hall–Kier alpha value is -2.52. The second kappa shape index (κ2) is 11.6. The number of morpholine rings is 1. The molecule has 1 saturated heterocycles. The summed E-state index contributed by atoms with van der Waals surface area (Å²) in [5.41, 5.74) is 1.48. The third kappa shape index (κ3) is 6.98. The Morgan fingerprint density at radius 3 is 2.82 bits per heavy atom. The van der Waals surface area contributed by atoms with Crippen LogP contribution in [0.5, 0.6) is 5.75 Å². The van der Waals surface area contributed by atoms with Crippen molar-refractivity contribution in [2.24, 2.45) is 0 Å². The van der Waals surface area contributed by atoms with Gasteiger partial charge in [0.15, 0.2) is 0 Å². The van der Waals surface area contributed by atoms with E-state index in [-0.39, 0.29) is 37.0 Å². The second-order valence-corrected chi connectivity index (χ2v) is 8.15. The maximum Gasteiger partial charge on any atom is 0.322 e. The van der Waals surface area contributed by atoms with Crippen LogP contribution in [0.15, 0.2) is 54.9 Å². The largest absolute Gasteiger partial charge is 0.489 e. The fourth-order valence-corrected chi connectivity index (χ4v) is 3.60. The lowest BCUT2D eigenvalue weighted by molar-refractivity contribution is -0.0336. The van der Waals surface area contributed by atoms with E-state index < -0.39 is 0 Å². The number of carbonyl (C=O) groups is 1. The van der Waals surface area contributed by atoms with Gasteiger partial charge in [-0.15, -0.1) is 12.4 Å². The maximum absolute atomic E-state index is 13.0. The van der Waals surface area contributed by atoms with Crippen molar-refractivity contribution in [3.8, 4) is 5.75 Å². The van der Waals surface area contributed by atoms with E-state index in [0.717, 1.165) is 5.56 Å². The van der Waals surface area contributed by atoms with E-state index in [1.807, 2.05) is 0 Å². The van der Waals surface area contributed by atoms with E-state index in [9.17, 15) is 9.18 Å². The van der Waals surface area contributed by atoms with Gasteiger partial charge in [0, 0.05) is 23.8 Å². The summed E-state index contributed by atoms with van der Waals surface area (Å²) in [6.07, 6.45) is 3.00. The molecule has 0 aliphatic carbocycles. The van der Waals surface area contributed by atoms with E-state index in [4.69, 9.17) is 32.7 Å². The molecule has 0 radical (unpaired) electrons. The molecule has 33 heavy (non-hydrogen) atoms. The average molecular weight is 516 g/mol. The highest BCUT2D eigenvalue weighted by atomic mass is 35.5. The molecule has 0 saturated carbocycles. The normalized spacial score (nSPS) is 15.6. The van der Waals surface area contributed by atoms with Crippen molar-refractivity contribution in [3.63, 3.8) is 0 Å². The van der Waals surface area contributed by atoms with E-state index in [0.29, 0.717) is 47.7 Å². The standard InChI is InChI=1S/C22H21Cl2FN4O3.ClH/c23-16-3-6-20(24)21(9-16)32-14-19-13-28(7-8-31-19)22(30)27-18-10-26-29(12-18)11-15-1-4-17(25)5-2-15;/h1-6,9-10,12,19H,7-8,11,13-14H2,(H,27,30);1H. The molecule has 7 nitrogen and oxygen atoms in total. The number of urea groups is 1. The van der Waals surface area contributed by atoms with Crippen LogP contribution in [0, 0.1) is 5.82 Å². The van der Waals surface area contributed by atoms with E-state index in [1.54, 1.807) is 52.3 Å². The molecule has 1 unspecified atom stereocenters. The summed E-state index contributed by atoms with van der Waals surface area (Å²) in [4.78, 5) is 14.4. The number of anilines is 1. The summed E-state index contributed by atoms with van der Waals surface area (Å²) < 4.78 is 26.2. The minimum absolute atomic E-state index is 0. The van der Waals surface area contributed by atoms with E-state index in [1.165, 1.54) is 12.1 Å². The summed E-state index contributed by atoms with van der Waals surface area (Å²) >= 11 is 12.1. The highest BCUT2D eigenvalue weighted by Gasteiger charge is 2.25. The highest BCUT2D eigenvalue weighted by molar-refractivity contribution is 6.34. The lowest BCUT2D eigenvalue weighted by Crippen LogP contribution is -2.49. The first-order valence-electron chi connectivity index (χ1n) is 9.98. The summed E-state index contributed by atoms with van der Waals surface area (Å²) in [6.45, 7) is 1.94. The smallest absolute Gasteiger partial charge is 0.322 e. The van der Waals surface area contributed by atoms with Crippen LogP contribution in [0.4, 0.5) is 14.9 Å². The average Bonchev–Trinajstić information content (AvgIpc) is 3.23. The van der Waals surface area contributed by atoms with Crippen LogP contribution in [0.25, 0.3) is 0 Å². The van der Waals surface area contributed by atoms with Crippen molar-refractivity contribution in [3.05, 3.63) is 76.3 Å². The maximum atomic E-state index is 13.0. The molecule has 3 aromatic rings. The molecule has 2 aromatic carbocycles. The van der Waals surface area contributed by atoms with Gasteiger partial charge in [0.25, 0.3) is 0 Å². The van der Waals surface area contributed by atoms with Gasteiger partial charge in [-0.3, -0.25) is 4.68 Å². The quantitative estimate of drug-likeness (QED) is 0.495. The van der Waals surface area contributed by atoms with Gasteiger partial charge in [0.05, 0.1) is 36.6 Å². The molecule has 1 atom stereocenters. The van der Waals surface area contributed by atoms with Gasteiger partial charge in [-0.05, 0) is 29.8 Å². The van der Waals surface area contributed by atoms with Gasteiger partial charge in [-0.2, -0.15) is 5.10 Å². The second-order valence-electron chi connectivity index (χ2n) is 7.31. The molecule has 2 amide bonds. The van der Waals surface area contributed by atoms with Crippen molar-refractivity contribution in [2.45, 2.75) is 12.6 Å². The molecular weight excluding hydrogens is 494 g/mol. The van der Waals surface area contributed by atoms with Crippen molar-refractivity contribution < 1.29 is 18.7 Å². The number of halogens is 4. The van der Waals surface area contributed by atoms with Crippen molar-refractivity contribution >= 4 is 47.3 Å². The molecule has 176 valence electrons. The fraction of sp³-hybridized carbons (Fsp3) is 0.273. The van der Waals surface area contributed by atoms with Crippen LogP contribution in [-0.4, -0.2) is 53.1 Å². The molecule has 1 fully saturated rings. The molecule has 4 rings (SSSR count). The molecule has 1 N–H and O–H groups in total. The number of benzene rings is 2. The lowest BCUT2D eigenvalue weighted by atomic mass is 10.2. The fourth-order valence-electron chi connectivity index (χ4n) is 3.27. The third-order valence-corrected chi connectivity index (χ3v) is 5.43. The predicted octanol–water partition coefficient (Wildman–Crippen LogP) is 5.11. The van der Waals surface area contributed by atoms with Crippen LogP contribution in [0.2, 0.25) is 10.0 Å². The van der Waals surface area contributed by atoms with Crippen LogP contribution in [-0.2, 0) is 11.3 Å². The number of aromatic nitrogens is 2. The predicted molar refractivity (Wildman–Crippen MR) is 127 cm³/mol. The summed E-state index contributed by atoms with van der Waals surface area (Å²) in [7, 11) is 0. The third-order valence-electron chi connectivity index (χ3n) is 4.89. The van der Waals surface area contributed by atoms with Crippen molar-refractivity contribution in [1.82, 2.24) is 14.7 Å². The first-order valence-corrected chi connectivity index (χ1v) is 10.7. The minimum Gasteiger partial charge on any atom is -0.489 e. The highest BCUT2D eigenvalue weighted by Crippen LogP contribution is 2.28. The zero-order valence-corrected chi connectivity index (χ0v) is 19.7. The molecule has 11 heteroatoms. The molecule has 0 bridgehead atoms. The van der Waals surface area contributed by atoms with Gasteiger partial charge < -0.3 is 19.7 Å². The number of amides is 2. The number of hydrogen-bond acceptors (Lipinski definition) is 4. The summed E-state index contributed by atoms with van der Waals surface area (Å²) in [6, 6.07) is 10.9. The van der Waals surface area contributed by atoms with Crippen LogP contribution in [0.1, 0.15) is 5.56 Å². The van der Waals surface area contributed by atoms with Gasteiger partial charge in [-0.25, -0.2) is 9.18 Å². The van der Waals surface area contributed by atoms with Crippen molar-refractivity contribution in [2.75, 3.05) is 31.6 Å². The molecule has 2 heterocycles. The Morgan fingerprint density at radius 1 is 1.24 bits per heavy atom. The summed E-state index contributed by atoms with van der Waals surface area (Å²) in [5.74, 6) is 0.185. The van der Waals surface area contributed by atoms with Crippen LogP contribution < -0.4 is 10.1 Å².